The van der Waals surface area contributed by atoms with Crippen LogP contribution in [0.3, 0.4) is 0 Å². The summed E-state index contributed by atoms with van der Waals surface area (Å²) in [7, 11) is 0. The quantitative estimate of drug-likeness (QED) is 0.595. The number of hydrogen-bond donors (Lipinski definition) is 2. The van der Waals surface area contributed by atoms with Gasteiger partial charge in [0.1, 0.15) is 11.6 Å². The molecule has 0 saturated heterocycles. The highest BCUT2D eigenvalue weighted by atomic mass is 32.1. The molecule has 0 spiro atoms. The second-order valence-corrected chi connectivity index (χ2v) is 4.70. The van der Waals surface area contributed by atoms with Gasteiger partial charge >= 0.3 is 6.18 Å². The van der Waals surface area contributed by atoms with Crippen LogP contribution in [0.2, 0.25) is 0 Å². The minimum absolute atomic E-state index is 0.124. The number of rotatable bonds is 7. The maximum Gasteiger partial charge on any atom is 0.411 e. The molecule has 0 radical (unpaired) electrons. The fraction of sp³-hybridized carbons (Fsp3) is 0.385. The predicted molar refractivity (Wildman–Crippen MR) is 75.7 cm³/mol. The molecule has 1 amide bonds. The second kappa shape index (κ2) is 7.94. The first-order valence-electron chi connectivity index (χ1n) is 6.08. The lowest BCUT2D eigenvalue weighted by Gasteiger charge is -2.08. The van der Waals surface area contributed by atoms with Crippen molar-refractivity contribution in [2.24, 2.45) is 5.73 Å². The van der Waals surface area contributed by atoms with E-state index in [0.717, 1.165) is 11.1 Å². The van der Waals surface area contributed by atoms with Gasteiger partial charge in [-0.3, -0.25) is 4.79 Å². The molecule has 0 atom stereocenters. The molecule has 0 saturated carbocycles. The SMILES string of the molecule is NC(=S)c1ccc(CNC(=O)CCOCC(F)(F)F)cc1. The van der Waals surface area contributed by atoms with E-state index < -0.39 is 12.8 Å². The standard InChI is InChI=1S/C13H15F3N2O2S/c14-13(15,16)8-20-6-5-11(19)18-7-9-1-3-10(4-2-9)12(17)21/h1-4H,5-8H2,(H2,17,21)(H,18,19). The number of amides is 1. The zero-order valence-electron chi connectivity index (χ0n) is 11.1. The number of alkyl halides is 3. The van der Waals surface area contributed by atoms with E-state index in [1.54, 1.807) is 24.3 Å². The van der Waals surface area contributed by atoms with E-state index in [1.165, 1.54) is 0 Å². The van der Waals surface area contributed by atoms with Crippen LogP contribution in [-0.4, -0.2) is 30.3 Å². The van der Waals surface area contributed by atoms with Crippen molar-refractivity contribution in [1.82, 2.24) is 5.32 Å². The first kappa shape index (κ1) is 17.4. The monoisotopic (exact) mass is 320 g/mol. The molecule has 0 bridgehead atoms. The van der Waals surface area contributed by atoms with Crippen molar-refractivity contribution in [3.63, 3.8) is 0 Å². The molecular formula is C13H15F3N2O2S. The summed E-state index contributed by atoms with van der Waals surface area (Å²) in [6, 6.07) is 6.98. The van der Waals surface area contributed by atoms with Crippen molar-refractivity contribution in [2.45, 2.75) is 19.1 Å². The molecule has 3 N–H and O–H groups in total. The third-order valence-corrected chi connectivity index (χ3v) is 2.70. The Balaban J connectivity index is 2.25. The molecule has 0 aliphatic rings. The van der Waals surface area contributed by atoms with Crippen LogP contribution in [0.4, 0.5) is 13.2 Å². The fourth-order valence-corrected chi connectivity index (χ4v) is 1.56. The van der Waals surface area contributed by atoms with Crippen molar-refractivity contribution < 1.29 is 22.7 Å². The number of benzene rings is 1. The largest absolute Gasteiger partial charge is 0.411 e. The van der Waals surface area contributed by atoms with Gasteiger partial charge in [-0.15, -0.1) is 0 Å². The Labute approximate surface area is 125 Å². The van der Waals surface area contributed by atoms with E-state index in [9.17, 15) is 18.0 Å². The summed E-state index contributed by atoms with van der Waals surface area (Å²) in [5, 5.41) is 2.58. The lowest BCUT2D eigenvalue weighted by molar-refractivity contribution is -0.174. The fourth-order valence-electron chi connectivity index (χ4n) is 1.43. The van der Waals surface area contributed by atoms with E-state index in [2.05, 4.69) is 10.1 Å². The van der Waals surface area contributed by atoms with Crippen LogP contribution in [-0.2, 0) is 16.1 Å². The van der Waals surface area contributed by atoms with Crippen LogP contribution >= 0.6 is 12.2 Å². The van der Waals surface area contributed by atoms with E-state index in [0.29, 0.717) is 0 Å². The lowest BCUT2D eigenvalue weighted by atomic mass is 10.1. The molecule has 0 unspecified atom stereocenters. The van der Waals surface area contributed by atoms with E-state index in [4.69, 9.17) is 18.0 Å². The van der Waals surface area contributed by atoms with Crippen LogP contribution < -0.4 is 11.1 Å². The summed E-state index contributed by atoms with van der Waals surface area (Å²) in [5.41, 5.74) is 7.01. The molecule has 1 rings (SSSR count). The summed E-state index contributed by atoms with van der Waals surface area (Å²) >= 11 is 4.81. The van der Waals surface area contributed by atoms with E-state index >= 15 is 0 Å². The van der Waals surface area contributed by atoms with Crippen LogP contribution in [0.5, 0.6) is 0 Å². The summed E-state index contributed by atoms with van der Waals surface area (Å²) in [6.45, 7) is -1.35. The van der Waals surface area contributed by atoms with Crippen molar-refractivity contribution in [3.8, 4) is 0 Å². The van der Waals surface area contributed by atoms with Gasteiger partial charge in [-0.05, 0) is 5.56 Å². The number of nitrogens with one attached hydrogen (secondary N) is 1. The minimum atomic E-state index is -4.37. The molecular weight excluding hydrogens is 305 g/mol. The number of nitrogens with two attached hydrogens (primary N) is 1. The van der Waals surface area contributed by atoms with Crippen molar-refractivity contribution in [3.05, 3.63) is 35.4 Å². The third-order valence-electron chi connectivity index (χ3n) is 2.47. The molecule has 0 heterocycles. The van der Waals surface area contributed by atoms with Crippen LogP contribution in [0.25, 0.3) is 0 Å². The Hall–Kier alpha value is -1.67. The Kier molecular flexibility index (Phi) is 6.57. The Morgan fingerprint density at radius 2 is 1.90 bits per heavy atom. The van der Waals surface area contributed by atoms with Crippen molar-refractivity contribution in [2.75, 3.05) is 13.2 Å². The first-order valence-corrected chi connectivity index (χ1v) is 6.49. The zero-order chi connectivity index (χ0) is 15.9. The highest BCUT2D eigenvalue weighted by Crippen LogP contribution is 2.14. The van der Waals surface area contributed by atoms with Gasteiger partial charge in [-0.2, -0.15) is 13.2 Å². The maximum atomic E-state index is 11.8. The van der Waals surface area contributed by atoms with Crippen LogP contribution in [0.1, 0.15) is 17.5 Å². The number of carbonyl (C=O) groups is 1. The minimum Gasteiger partial charge on any atom is -0.389 e. The van der Waals surface area contributed by atoms with Gasteiger partial charge in [0.2, 0.25) is 5.91 Å². The molecule has 0 aliphatic heterocycles. The molecule has 21 heavy (non-hydrogen) atoms. The highest BCUT2D eigenvalue weighted by molar-refractivity contribution is 7.80. The van der Waals surface area contributed by atoms with E-state index in [1.807, 2.05) is 0 Å². The Morgan fingerprint density at radius 3 is 2.43 bits per heavy atom. The number of thiocarbonyl (C=S) groups is 1. The topological polar surface area (TPSA) is 64.3 Å². The number of ether oxygens (including phenoxy) is 1. The lowest BCUT2D eigenvalue weighted by Crippen LogP contribution is -2.25. The highest BCUT2D eigenvalue weighted by Gasteiger charge is 2.27. The number of halogens is 3. The van der Waals surface area contributed by atoms with Crippen molar-refractivity contribution >= 4 is 23.1 Å². The Bertz CT molecular complexity index is 489. The first-order chi connectivity index (χ1) is 9.78. The van der Waals surface area contributed by atoms with E-state index in [-0.39, 0.29) is 30.5 Å². The Morgan fingerprint density at radius 1 is 1.29 bits per heavy atom. The molecule has 116 valence electrons. The normalized spacial score (nSPS) is 11.2. The molecule has 4 nitrogen and oxygen atoms in total. The number of carbonyl (C=O) groups excluding carboxylic acids is 1. The van der Waals surface area contributed by atoms with Gasteiger partial charge in [0, 0.05) is 18.5 Å². The smallest absolute Gasteiger partial charge is 0.389 e. The van der Waals surface area contributed by atoms with Crippen LogP contribution in [0.15, 0.2) is 24.3 Å². The number of hydrogen-bond acceptors (Lipinski definition) is 3. The molecule has 8 heteroatoms. The van der Waals surface area contributed by atoms with Gasteiger partial charge in [-0.25, -0.2) is 0 Å². The average molecular weight is 320 g/mol. The van der Waals surface area contributed by atoms with Gasteiger partial charge in [-0.1, -0.05) is 36.5 Å². The van der Waals surface area contributed by atoms with Crippen LogP contribution in [0, 0.1) is 0 Å². The van der Waals surface area contributed by atoms with Gasteiger partial charge in [0.15, 0.2) is 0 Å². The third kappa shape index (κ3) is 7.62. The molecule has 1 aromatic carbocycles. The predicted octanol–water partition coefficient (Wildman–Crippen LogP) is 1.91. The summed E-state index contributed by atoms with van der Waals surface area (Å²) in [6.07, 6.45) is -4.50. The molecule has 0 aromatic heterocycles. The summed E-state index contributed by atoms with van der Waals surface area (Å²) in [4.78, 5) is 11.7. The van der Waals surface area contributed by atoms with Gasteiger partial charge in [0.05, 0.1) is 6.61 Å². The molecule has 0 fully saturated rings. The average Bonchev–Trinajstić information content (AvgIpc) is 2.41. The summed E-state index contributed by atoms with van der Waals surface area (Å²) < 4.78 is 39.7. The second-order valence-electron chi connectivity index (χ2n) is 4.26. The summed E-state index contributed by atoms with van der Waals surface area (Å²) in [5.74, 6) is -0.379. The maximum absolute atomic E-state index is 11.8. The molecule has 1 aromatic rings. The molecule has 0 aliphatic carbocycles. The van der Waals surface area contributed by atoms with Crippen molar-refractivity contribution in [1.29, 1.82) is 0 Å². The zero-order valence-corrected chi connectivity index (χ0v) is 11.9. The van der Waals surface area contributed by atoms with Gasteiger partial charge < -0.3 is 15.8 Å². The van der Waals surface area contributed by atoms with Gasteiger partial charge in [0.25, 0.3) is 0 Å².